The second-order valence-electron chi connectivity index (χ2n) is 6.75. The smallest absolute Gasteiger partial charge is 0.339 e. The summed E-state index contributed by atoms with van der Waals surface area (Å²) in [7, 11) is 0. The average Bonchev–Trinajstić information content (AvgIpc) is 2.67. The Balaban J connectivity index is 1.79. The molecule has 3 nitrogen and oxygen atoms in total. The summed E-state index contributed by atoms with van der Waals surface area (Å²) in [5, 5.41) is 9.19. The van der Waals surface area contributed by atoms with Gasteiger partial charge in [-0.15, -0.1) is 0 Å². The lowest BCUT2D eigenvalue weighted by Crippen LogP contribution is -2.05. The molecule has 1 N–H and O–H groups in total. The lowest BCUT2D eigenvalue weighted by atomic mass is 9.89. The highest BCUT2D eigenvalue weighted by Gasteiger charge is 2.12. The van der Waals surface area contributed by atoms with Crippen molar-refractivity contribution in [1.82, 2.24) is 0 Å². The van der Waals surface area contributed by atoms with Crippen LogP contribution in [0.25, 0.3) is 0 Å². The number of rotatable bonds is 12. The fraction of sp³-hybridized carbons (Fsp3) is 0.435. The van der Waals surface area contributed by atoms with Gasteiger partial charge in [0.15, 0.2) is 0 Å². The standard InChI is InChI=1S/C23H30O3/c1-2-3-5-12-19(20-13-6-4-7-14-20)15-10-11-18-26-22-17-9-8-16-21(22)23(24)25/h4,6-9,13-14,16-17,19H,2-3,5,10-12,15,18H2,1H3,(H,24,25). The van der Waals surface area contributed by atoms with Crippen molar-refractivity contribution >= 4 is 5.97 Å². The van der Waals surface area contributed by atoms with Gasteiger partial charge >= 0.3 is 5.97 Å². The Kier molecular flexibility index (Phi) is 8.74. The summed E-state index contributed by atoms with van der Waals surface area (Å²) in [6.07, 6.45) is 8.22. The first-order valence-corrected chi connectivity index (χ1v) is 9.72. The molecule has 26 heavy (non-hydrogen) atoms. The maximum Gasteiger partial charge on any atom is 0.339 e. The van der Waals surface area contributed by atoms with Crippen molar-refractivity contribution in [2.24, 2.45) is 0 Å². The Morgan fingerprint density at radius 2 is 1.58 bits per heavy atom. The largest absolute Gasteiger partial charge is 0.493 e. The van der Waals surface area contributed by atoms with Crippen LogP contribution in [0.15, 0.2) is 54.6 Å². The van der Waals surface area contributed by atoms with E-state index in [1.54, 1.807) is 24.3 Å². The molecule has 140 valence electrons. The van der Waals surface area contributed by atoms with Crippen LogP contribution in [-0.4, -0.2) is 17.7 Å². The minimum atomic E-state index is -0.944. The fourth-order valence-corrected chi connectivity index (χ4v) is 3.29. The minimum Gasteiger partial charge on any atom is -0.493 e. The van der Waals surface area contributed by atoms with E-state index in [1.807, 2.05) is 0 Å². The van der Waals surface area contributed by atoms with Crippen molar-refractivity contribution in [3.05, 3.63) is 65.7 Å². The lowest BCUT2D eigenvalue weighted by molar-refractivity contribution is 0.0692. The topological polar surface area (TPSA) is 46.5 Å². The van der Waals surface area contributed by atoms with E-state index in [4.69, 9.17) is 4.74 Å². The van der Waals surface area contributed by atoms with Gasteiger partial charge in [0, 0.05) is 0 Å². The predicted octanol–water partition coefficient (Wildman–Crippen LogP) is 6.30. The summed E-state index contributed by atoms with van der Waals surface area (Å²) in [6, 6.07) is 17.6. The first-order valence-electron chi connectivity index (χ1n) is 9.72. The quantitative estimate of drug-likeness (QED) is 0.455. The van der Waals surface area contributed by atoms with Gasteiger partial charge in [-0.2, -0.15) is 0 Å². The van der Waals surface area contributed by atoms with Gasteiger partial charge in [-0.3, -0.25) is 0 Å². The van der Waals surface area contributed by atoms with Crippen molar-refractivity contribution in [3.63, 3.8) is 0 Å². The summed E-state index contributed by atoms with van der Waals surface area (Å²) in [5.41, 5.74) is 1.66. The molecule has 0 saturated heterocycles. The number of carboxylic acids is 1. The van der Waals surface area contributed by atoms with E-state index >= 15 is 0 Å². The van der Waals surface area contributed by atoms with E-state index in [1.165, 1.54) is 31.2 Å². The Morgan fingerprint density at radius 1 is 0.923 bits per heavy atom. The first kappa shape index (κ1) is 20.0. The number of hydrogen-bond donors (Lipinski definition) is 1. The molecule has 0 aliphatic heterocycles. The lowest BCUT2D eigenvalue weighted by Gasteiger charge is -2.17. The molecule has 0 saturated carbocycles. The third-order valence-corrected chi connectivity index (χ3v) is 4.75. The molecule has 0 aromatic heterocycles. The Hall–Kier alpha value is -2.29. The average molecular weight is 354 g/mol. The van der Waals surface area contributed by atoms with Gasteiger partial charge in [-0.05, 0) is 49.3 Å². The van der Waals surface area contributed by atoms with Crippen LogP contribution in [0.3, 0.4) is 0 Å². The zero-order chi connectivity index (χ0) is 18.6. The molecule has 0 radical (unpaired) electrons. The molecule has 2 aromatic carbocycles. The van der Waals surface area contributed by atoms with E-state index in [2.05, 4.69) is 37.3 Å². The highest BCUT2D eigenvalue weighted by molar-refractivity contribution is 5.90. The first-order chi connectivity index (χ1) is 12.7. The van der Waals surface area contributed by atoms with Crippen LogP contribution in [0.4, 0.5) is 0 Å². The monoisotopic (exact) mass is 354 g/mol. The highest BCUT2D eigenvalue weighted by Crippen LogP contribution is 2.28. The molecule has 0 spiro atoms. The maximum atomic E-state index is 11.2. The molecule has 0 heterocycles. The van der Waals surface area contributed by atoms with Crippen LogP contribution in [0.1, 0.15) is 73.7 Å². The van der Waals surface area contributed by atoms with Crippen LogP contribution in [0, 0.1) is 0 Å². The van der Waals surface area contributed by atoms with E-state index < -0.39 is 5.97 Å². The number of carboxylic acid groups (broad SMARTS) is 1. The second kappa shape index (κ2) is 11.3. The molecule has 0 aliphatic carbocycles. The summed E-state index contributed by atoms with van der Waals surface area (Å²) in [5.74, 6) is 0.122. The van der Waals surface area contributed by atoms with Crippen LogP contribution in [-0.2, 0) is 0 Å². The summed E-state index contributed by atoms with van der Waals surface area (Å²) in [6.45, 7) is 2.80. The highest BCUT2D eigenvalue weighted by atomic mass is 16.5. The molecule has 3 heteroatoms. The Morgan fingerprint density at radius 3 is 2.27 bits per heavy atom. The van der Waals surface area contributed by atoms with Crippen LogP contribution in [0.2, 0.25) is 0 Å². The van der Waals surface area contributed by atoms with Crippen LogP contribution in [0.5, 0.6) is 5.75 Å². The summed E-state index contributed by atoms with van der Waals surface area (Å²) >= 11 is 0. The zero-order valence-electron chi connectivity index (χ0n) is 15.7. The van der Waals surface area contributed by atoms with Crippen LogP contribution < -0.4 is 4.74 Å². The molecule has 1 unspecified atom stereocenters. The molecule has 1 atom stereocenters. The molecular formula is C23H30O3. The molecular weight excluding hydrogens is 324 g/mol. The maximum absolute atomic E-state index is 11.2. The number of ether oxygens (including phenoxy) is 1. The minimum absolute atomic E-state index is 0.231. The summed E-state index contributed by atoms with van der Waals surface area (Å²) < 4.78 is 5.70. The SMILES string of the molecule is CCCCCC(CCCCOc1ccccc1C(=O)O)c1ccccc1. The third kappa shape index (κ3) is 6.55. The number of hydrogen-bond acceptors (Lipinski definition) is 2. The van der Waals surface area contributed by atoms with E-state index in [-0.39, 0.29) is 5.56 Å². The number of aromatic carboxylic acids is 1. The molecule has 0 amide bonds. The Labute approximate surface area is 157 Å². The number of para-hydroxylation sites is 1. The van der Waals surface area contributed by atoms with Gasteiger partial charge in [-0.25, -0.2) is 4.79 Å². The molecule has 0 aliphatic rings. The number of unbranched alkanes of at least 4 members (excludes halogenated alkanes) is 3. The van der Waals surface area contributed by atoms with Crippen molar-refractivity contribution in [2.75, 3.05) is 6.61 Å². The second-order valence-corrected chi connectivity index (χ2v) is 6.75. The van der Waals surface area contributed by atoms with Crippen LogP contribution >= 0.6 is 0 Å². The molecule has 2 rings (SSSR count). The number of benzene rings is 2. The predicted molar refractivity (Wildman–Crippen MR) is 106 cm³/mol. The third-order valence-electron chi connectivity index (χ3n) is 4.75. The molecule has 0 bridgehead atoms. The zero-order valence-corrected chi connectivity index (χ0v) is 15.7. The van der Waals surface area contributed by atoms with Gasteiger partial charge in [-0.1, -0.05) is 68.7 Å². The van der Waals surface area contributed by atoms with Gasteiger partial charge in [0.25, 0.3) is 0 Å². The van der Waals surface area contributed by atoms with Gasteiger partial charge in [0.2, 0.25) is 0 Å². The van der Waals surface area contributed by atoms with Crippen molar-refractivity contribution in [1.29, 1.82) is 0 Å². The van der Waals surface area contributed by atoms with Crippen molar-refractivity contribution in [3.8, 4) is 5.75 Å². The Bertz CT molecular complexity index is 652. The molecule has 2 aromatic rings. The van der Waals surface area contributed by atoms with Crippen molar-refractivity contribution < 1.29 is 14.6 Å². The fourth-order valence-electron chi connectivity index (χ4n) is 3.29. The van der Waals surface area contributed by atoms with E-state index in [0.29, 0.717) is 18.3 Å². The van der Waals surface area contributed by atoms with E-state index in [9.17, 15) is 9.90 Å². The number of carbonyl (C=O) groups is 1. The van der Waals surface area contributed by atoms with Crippen molar-refractivity contribution in [2.45, 2.75) is 57.8 Å². The normalized spacial score (nSPS) is 11.9. The van der Waals surface area contributed by atoms with Gasteiger partial charge in [0.1, 0.15) is 11.3 Å². The molecule has 0 fully saturated rings. The summed E-state index contributed by atoms with van der Waals surface area (Å²) in [4.78, 5) is 11.2. The van der Waals surface area contributed by atoms with Gasteiger partial charge in [0.05, 0.1) is 6.61 Å². The van der Waals surface area contributed by atoms with Gasteiger partial charge < -0.3 is 9.84 Å². The van der Waals surface area contributed by atoms with E-state index in [0.717, 1.165) is 19.3 Å².